The van der Waals surface area contributed by atoms with E-state index in [0.717, 1.165) is 44.3 Å². The van der Waals surface area contributed by atoms with Gasteiger partial charge in [0.25, 0.3) is 5.56 Å². The van der Waals surface area contributed by atoms with E-state index in [9.17, 15) is 9.59 Å². The summed E-state index contributed by atoms with van der Waals surface area (Å²) in [6.07, 6.45) is 5.61. The van der Waals surface area contributed by atoms with Crippen molar-refractivity contribution in [2.24, 2.45) is 0 Å². The molecule has 0 spiro atoms. The van der Waals surface area contributed by atoms with Crippen molar-refractivity contribution < 1.29 is 4.79 Å². The van der Waals surface area contributed by atoms with Crippen LogP contribution in [0, 0.1) is 4.77 Å². The molecule has 0 atom stereocenters. The number of unbranched alkanes of at least 4 members (excludes halogenated alkanes) is 1. The highest BCUT2D eigenvalue weighted by atomic mass is 32.1. The lowest BCUT2D eigenvalue weighted by molar-refractivity contribution is -0.132. The number of aromatic amines is 1. The minimum absolute atomic E-state index is 0.0268. The summed E-state index contributed by atoms with van der Waals surface area (Å²) in [6.45, 7) is 2.37. The zero-order chi connectivity index (χ0) is 16.2. The second-order valence-electron chi connectivity index (χ2n) is 5.95. The van der Waals surface area contributed by atoms with E-state index in [1.54, 1.807) is 4.57 Å². The van der Waals surface area contributed by atoms with Crippen molar-refractivity contribution in [3.8, 4) is 0 Å². The molecule has 0 aromatic carbocycles. The Morgan fingerprint density at radius 2 is 2.04 bits per heavy atom. The maximum atomic E-state index is 12.4. The van der Waals surface area contributed by atoms with Crippen molar-refractivity contribution in [2.75, 3.05) is 13.1 Å². The summed E-state index contributed by atoms with van der Waals surface area (Å²) in [4.78, 5) is 29.6. The lowest BCUT2D eigenvalue weighted by Crippen LogP contribution is -2.35. The van der Waals surface area contributed by atoms with Gasteiger partial charge in [-0.2, -0.15) is 0 Å². The molecular formula is C16H21N3O2S2. The number of piperidine rings is 1. The Balaban J connectivity index is 1.55. The molecule has 0 bridgehead atoms. The number of nitrogens with zero attached hydrogens (tertiary/aromatic N) is 2. The zero-order valence-corrected chi connectivity index (χ0v) is 14.7. The van der Waals surface area contributed by atoms with Gasteiger partial charge in [0.15, 0.2) is 4.77 Å². The van der Waals surface area contributed by atoms with Crippen LogP contribution in [0.1, 0.15) is 38.5 Å². The van der Waals surface area contributed by atoms with Crippen LogP contribution in [0.4, 0.5) is 0 Å². The number of thiophene rings is 1. The van der Waals surface area contributed by atoms with E-state index in [4.69, 9.17) is 12.2 Å². The molecule has 1 aliphatic rings. The van der Waals surface area contributed by atoms with Crippen LogP contribution in [0.15, 0.2) is 16.2 Å². The number of H-pyrrole nitrogens is 1. The van der Waals surface area contributed by atoms with Gasteiger partial charge in [0, 0.05) is 26.1 Å². The van der Waals surface area contributed by atoms with E-state index in [2.05, 4.69) is 4.98 Å². The van der Waals surface area contributed by atoms with Crippen LogP contribution in [-0.4, -0.2) is 33.4 Å². The molecule has 1 amide bonds. The molecule has 0 saturated carbocycles. The van der Waals surface area contributed by atoms with Crippen molar-refractivity contribution in [1.82, 2.24) is 14.5 Å². The van der Waals surface area contributed by atoms with Crippen LogP contribution in [0.5, 0.6) is 0 Å². The Kier molecular flexibility index (Phi) is 5.27. The number of amides is 1. The highest BCUT2D eigenvalue weighted by Crippen LogP contribution is 2.15. The van der Waals surface area contributed by atoms with Gasteiger partial charge in [0.05, 0.1) is 5.52 Å². The van der Waals surface area contributed by atoms with Gasteiger partial charge in [0.2, 0.25) is 5.91 Å². The van der Waals surface area contributed by atoms with E-state index < -0.39 is 0 Å². The van der Waals surface area contributed by atoms with E-state index in [1.165, 1.54) is 17.8 Å². The Morgan fingerprint density at radius 3 is 2.83 bits per heavy atom. The van der Waals surface area contributed by atoms with E-state index in [0.29, 0.717) is 22.4 Å². The van der Waals surface area contributed by atoms with E-state index >= 15 is 0 Å². The predicted octanol–water partition coefficient (Wildman–Crippen LogP) is 3.30. The molecule has 1 fully saturated rings. The van der Waals surface area contributed by atoms with Gasteiger partial charge in [-0.15, -0.1) is 11.3 Å². The quantitative estimate of drug-likeness (QED) is 0.664. The highest BCUT2D eigenvalue weighted by Gasteiger charge is 2.15. The smallest absolute Gasteiger partial charge is 0.272 e. The lowest BCUT2D eigenvalue weighted by atomic mass is 10.1. The number of hydrogen-bond acceptors (Lipinski definition) is 4. The first-order chi connectivity index (χ1) is 11.2. The van der Waals surface area contributed by atoms with Crippen molar-refractivity contribution >= 4 is 39.7 Å². The van der Waals surface area contributed by atoms with Crippen molar-refractivity contribution in [3.05, 3.63) is 26.6 Å². The monoisotopic (exact) mass is 351 g/mol. The van der Waals surface area contributed by atoms with Gasteiger partial charge >= 0.3 is 0 Å². The molecular weight excluding hydrogens is 330 g/mol. The number of fused-ring (bicyclic) bond motifs is 1. The van der Waals surface area contributed by atoms with Crippen molar-refractivity contribution in [1.29, 1.82) is 0 Å². The second kappa shape index (κ2) is 7.40. The number of nitrogens with one attached hydrogen (secondary N) is 1. The van der Waals surface area contributed by atoms with E-state index in [1.807, 2.05) is 16.3 Å². The maximum Gasteiger partial charge on any atom is 0.272 e. The predicted molar refractivity (Wildman–Crippen MR) is 95.6 cm³/mol. The molecule has 7 heteroatoms. The van der Waals surface area contributed by atoms with Gasteiger partial charge in [-0.1, -0.05) is 0 Å². The van der Waals surface area contributed by atoms with Crippen LogP contribution in [-0.2, 0) is 11.3 Å². The Labute approximate surface area is 143 Å². The standard InChI is InChI=1S/C16H21N3O2S2/c20-13(18-8-3-1-4-9-18)6-2-5-10-19-15(21)14-12(7-11-23-14)17-16(19)22/h7,11H,1-6,8-10H2,(H,17,22). The third kappa shape index (κ3) is 3.72. The molecule has 2 aromatic heterocycles. The highest BCUT2D eigenvalue weighted by molar-refractivity contribution is 7.71. The first-order valence-electron chi connectivity index (χ1n) is 8.15. The van der Waals surface area contributed by atoms with Crippen LogP contribution in [0.2, 0.25) is 0 Å². The second-order valence-corrected chi connectivity index (χ2v) is 7.25. The first kappa shape index (κ1) is 16.4. The molecule has 2 aromatic rings. The molecule has 0 unspecified atom stereocenters. The van der Waals surface area contributed by atoms with Gasteiger partial charge < -0.3 is 9.88 Å². The fraction of sp³-hybridized carbons (Fsp3) is 0.562. The van der Waals surface area contributed by atoms with Crippen LogP contribution < -0.4 is 5.56 Å². The summed E-state index contributed by atoms with van der Waals surface area (Å²) in [5.41, 5.74) is 0.780. The minimum atomic E-state index is -0.0268. The summed E-state index contributed by atoms with van der Waals surface area (Å²) in [6, 6.07) is 1.87. The SMILES string of the molecule is O=C(CCCCn1c(=S)[nH]c2ccsc2c1=O)N1CCCCC1. The molecule has 1 N–H and O–H groups in total. The van der Waals surface area contributed by atoms with Gasteiger partial charge in [-0.3, -0.25) is 14.2 Å². The number of carbonyl (C=O) groups excluding carboxylic acids is 1. The fourth-order valence-electron chi connectivity index (χ4n) is 3.02. The number of aromatic nitrogens is 2. The van der Waals surface area contributed by atoms with Crippen molar-refractivity contribution in [2.45, 2.75) is 45.1 Å². The molecule has 1 aliphatic heterocycles. The molecule has 0 radical (unpaired) electrons. The molecule has 5 nitrogen and oxygen atoms in total. The third-order valence-corrected chi connectivity index (χ3v) is 5.55. The molecule has 0 aliphatic carbocycles. The lowest BCUT2D eigenvalue weighted by Gasteiger charge is -2.26. The average molecular weight is 351 g/mol. The Morgan fingerprint density at radius 1 is 1.26 bits per heavy atom. The first-order valence-corrected chi connectivity index (χ1v) is 9.44. The van der Waals surface area contributed by atoms with Crippen molar-refractivity contribution in [3.63, 3.8) is 0 Å². The number of rotatable bonds is 5. The summed E-state index contributed by atoms with van der Waals surface area (Å²) in [5, 5.41) is 1.89. The molecule has 1 saturated heterocycles. The summed E-state index contributed by atoms with van der Waals surface area (Å²) in [5.74, 6) is 0.246. The van der Waals surface area contributed by atoms with Gasteiger partial charge in [-0.05, 0) is 55.8 Å². The minimum Gasteiger partial charge on any atom is -0.343 e. The fourth-order valence-corrected chi connectivity index (χ4v) is 4.10. The summed E-state index contributed by atoms with van der Waals surface area (Å²) < 4.78 is 2.78. The molecule has 3 heterocycles. The molecule has 3 rings (SSSR count). The third-order valence-electron chi connectivity index (χ3n) is 4.32. The molecule has 23 heavy (non-hydrogen) atoms. The zero-order valence-electron chi connectivity index (χ0n) is 13.0. The van der Waals surface area contributed by atoms with Crippen LogP contribution in [0.25, 0.3) is 10.2 Å². The number of likely N-dealkylation sites (tertiary alicyclic amines) is 1. The molecule has 124 valence electrons. The van der Waals surface area contributed by atoms with Crippen LogP contribution >= 0.6 is 23.6 Å². The number of carbonyl (C=O) groups is 1. The normalized spacial score (nSPS) is 15.2. The Hall–Kier alpha value is -1.47. The Bertz CT molecular complexity index is 799. The summed E-state index contributed by atoms with van der Waals surface area (Å²) in [7, 11) is 0. The largest absolute Gasteiger partial charge is 0.343 e. The summed E-state index contributed by atoms with van der Waals surface area (Å²) >= 11 is 6.70. The van der Waals surface area contributed by atoms with Gasteiger partial charge in [0.1, 0.15) is 4.70 Å². The maximum absolute atomic E-state index is 12.4. The van der Waals surface area contributed by atoms with Crippen LogP contribution in [0.3, 0.4) is 0 Å². The van der Waals surface area contributed by atoms with Gasteiger partial charge in [-0.25, -0.2) is 0 Å². The number of hydrogen-bond donors (Lipinski definition) is 1. The van der Waals surface area contributed by atoms with E-state index in [-0.39, 0.29) is 11.5 Å². The average Bonchev–Trinajstić information content (AvgIpc) is 3.03. The topological polar surface area (TPSA) is 58.1 Å².